The first-order valence-corrected chi connectivity index (χ1v) is 8.00. The SMILES string of the molecule is COC(=O)c1cccc(NC(=O)/C=C/c2ccc(OC)c(OC)c2OC)c1. The highest BCUT2D eigenvalue weighted by Gasteiger charge is 2.14. The number of hydrogen-bond donors (Lipinski definition) is 1. The molecular weight excluding hydrogens is 350 g/mol. The molecule has 0 spiro atoms. The summed E-state index contributed by atoms with van der Waals surface area (Å²) in [4.78, 5) is 23.8. The molecule has 0 saturated heterocycles. The largest absolute Gasteiger partial charge is 0.493 e. The van der Waals surface area contributed by atoms with Crippen LogP contribution in [0, 0.1) is 0 Å². The lowest BCUT2D eigenvalue weighted by Crippen LogP contribution is -2.09. The van der Waals surface area contributed by atoms with E-state index < -0.39 is 5.97 Å². The van der Waals surface area contributed by atoms with E-state index >= 15 is 0 Å². The van der Waals surface area contributed by atoms with Crippen LogP contribution in [-0.4, -0.2) is 40.3 Å². The van der Waals surface area contributed by atoms with Gasteiger partial charge in [0.15, 0.2) is 11.5 Å². The summed E-state index contributed by atoms with van der Waals surface area (Å²) in [7, 11) is 5.84. The van der Waals surface area contributed by atoms with Crippen molar-refractivity contribution in [2.24, 2.45) is 0 Å². The second-order valence-corrected chi connectivity index (χ2v) is 5.32. The number of carbonyl (C=O) groups excluding carboxylic acids is 2. The number of rotatable bonds is 7. The average Bonchev–Trinajstić information content (AvgIpc) is 2.70. The fraction of sp³-hybridized carbons (Fsp3) is 0.200. The fourth-order valence-electron chi connectivity index (χ4n) is 2.45. The van der Waals surface area contributed by atoms with Crippen LogP contribution in [0.5, 0.6) is 17.2 Å². The highest BCUT2D eigenvalue weighted by Crippen LogP contribution is 2.40. The smallest absolute Gasteiger partial charge is 0.337 e. The molecule has 1 N–H and O–H groups in total. The van der Waals surface area contributed by atoms with E-state index in [0.29, 0.717) is 34.1 Å². The number of benzene rings is 2. The van der Waals surface area contributed by atoms with Gasteiger partial charge in [0.2, 0.25) is 11.7 Å². The second-order valence-electron chi connectivity index (χ2n) is 5.32. The first-order chi connectivity index (χ1) is 13.0. The number of carbonyl (C=O) groups is 2. The van der Waals surface area contributed by atoms with E-state index in [9.17, 15) is 9.59 Å². The molecule has 0 heterocycles. The molecule has 0 saturated carbocycles. The number of ether oxygens (including phenoxy) is 4. The van der Waals surface area contributed by atoms with Gasteiger partial charge in [0, 0.05) is 17.3 Å². The van der Waals surface area contributed by atoms with Crippen molar-refractivity contribution < 1.29 is 28.5 Å². The monoisotopic (exact) mass is 371 g/mol. The molecule has 1 amide bonds. The van der Waals surface area contributed by atoms with Gasteiger partial charge in [-0.05, 0) is 36.4 Å². The van der Waals surface area contributed by atoms with Crippen LogP contribution in [0.3, 0.4) is 0 Å². The van der Waals surface area contributed by atoms with Crippen LogP contribution in [-0.2, 0) is 9.53 Å². The Bertz CT molecular complexity index is 860. The standard InChI is InChI=1S/C20H21NO6/c1-24-16-10-8-13(18(25-2)19(16)26-3)9-11-17(22)21-15-7-5-6-14(12-15)20(23)27-4/h5-12H,1-4H3,(H,21,22)/b11-9+. The minimum atomic E-state index is -0.475. The number of hydrogen-bond acceptors (Lipinski definition) is 6. The minimum absolute atomic E-state index is 0.348. The van der Waals surface area contributed by atoms with Crippen molar-refractivity contribution in [1.82, 2.24) is 0 Å². The van der Waals surface area contributed by atoms with E-state index in [1.807, 2.05) is 0 Å². The Hall–Kier alpha value is -3.48. The molecule has 0 bridgehead atoms. The molecule has 0 aliphatic rings. The zero-order chi connectivity index (χ0) is 19.8. The first-order valence-electron chi connectivity index (χ1n) is 8.00. The van der Waals surface area contributed by atoms with Crippen LogP contribution in [0.4, 0.5) is 5.69 Å². The molecule has 0 aromatic heterocycles. The Labute approximate surface area is 157 Å². The topological polar surface area (TPSA) is 83.1 Å². The zero-order valence-electron chi connectivity index (χ0n) is 15.6. The number of nitrogens with one attached hydrogen (secondary N) is 1. The molecule has 0 radical (unpaired) electrons. The first kappa shape index (κ1) is 19.8. The molecule has 7 heteroatoms. The Morgan fingerprint density at radius 3 is 2.30 bits per heavy atom. The van der Waals surface area contributed by atoms with Crippen molar-refractivity contribution >= 4 is 23.6 Å². The third-order valence-corrected chi connectivity index (χ3v) is 3.70. The quantitative estimate of drug-likeness (QED) is 0.595. The van der Waals surface area contributed by atoms with Gasteiger partial charge in [-0.15, -0.1) is 0 Å². The predicted octanol–water partition coefficient (Wildman–Crippen LogP) is 3.15. The van der Waals surface area contributed by atoms with E-state index in [0.717, 1.165) is 0 Å². The summed E-state index contributed by atoms with van der Waals surface area (Å²) in [5, 5.41) is 2.69. The van der Waals surface area contributed by atoms with Crippen molar-refractivity contribution in [3.8, 4) is 17.2 Å². The molecule has 2 aromatic rings. The van der Waals surface area contributed by atoms with Gasteiger partial charge in [0.05, 0.1) is 34.0 Å². The third-order valence-electron chi connectivity index (χ3n) is 3.70. The lowest BCUT2D eigenvalue weighted by atomic mass is 10.1. The molecule has 142 valence electrons. The van der Waals surface area contributed by atoms with Crippen LogP contribution < -0.4 is 19.5 Å². The fourth-order valence-corrected chi connectivity index (χ4v) is 2.45. The van der Waals surface area contributed by atoms with E-state index in [4.69, 9.17) is 14.2 Å². The average molecular weight is 371 g/mol. The van der Waals surface area contributed by atoms with Crippen molar-refractivity contribution in [2.45, 2.75) is 0 Å². The summed E-state index contributed by atoms with van der Waals surface area (Å²) in [5.74, 6) is 0.572. The number of amides is 1. The highest BCUT2D eigenvalue weighted by molar-refractivity contribution is 6.03. The van der Waals surface area contributed by atoms with Crippen molar-refractivity contribution in [3.63, 3.8) is 0 Å². The lowest BCUT2D eigenvalue weighted by Gasteiger charge is -2.14. The molecule has 0 aliphatic heterocycles. The Morgan fingerprint density at radius 1 is 0.926 bits per heavy atom. The van der Waals surface area contributed by atoms with E-state index in [2.05, 4.69) is 10.1 Å². The highest BCUT2D eigenvalue weighted by atomic mass is 16.5. The molecule has 2 rings (SSSR count). The van der Waals surface area contributed by atoms with Crippen LogP contribution >= 0.6 is 0 Å². The third kappa shape index (κ3) is 4.78. The van der Waals surface area contributed by atoms with Gasteiger partial charge in [-0.1, -0.05) is 6.07 Å². The molecule has 0 atom stereocenters. The summed E-state index contributed by atoms with van der Waals surface area (Å²) in [6.45, 7) is 0. The lowest BCUT2D eigenvalue weighted by molar-refractivity contribution is -0.111. The van der Waals surface area contributed by atoms with Crippen LogP contribution in [0.15, 0.2) is 42.5 Å². The number of esters is 1. The summed E-state index contributed by atoms with van der Waals surface area (Å²) >= 11 is 0. The van der Waals surface area contributed by atoms with E-state index in [1.165, 1.54) is 40.6 Å². The summed E-state index contributed by atoms with van der Waals surface area (Å²) in [6, 6.07) is 9.94. The molecule has 2 aromatic carbocycles. The molecule has 7 nitrogen and oxygen atoms in total. The van der Waals surface area contributed by atoms with Crippen LogP contribution in [0.25, 0.3) is 6.08 Å². The van der Waals surface area contributed by atoms with Gasteiger partial charge in [-0.25, -0.2) is 4.79 Å². The summed E-state index contributed by atoms with van der Waals surface area (Å²) < 4.78 is 20.6. The molecule has 0 fully saturated rings. The molecule has 0 aliphatic carbocycles. The summed E-state index contributed by atoms with van der Waals surface area (Å²) in [5.41, 5.74) is 1.47. The van der Waals surface area contributed by atoms with Gasteiger partial charge in [-0.2, -0.15) is 0 Å². The van der Waals surface area contributed by atoms with Crippen LogP contribution in [0.2, 0.25) is 0 Å². The van der Waals surface area contributed by atoms with Crippen molar-refractivity contribution in [3.05, 3.63) is 53.6 Å². The predicted molar refractivity (Wildman–Crippen MR) is 102 cm³/mol. The number of methoxy groups -OCH3 is 4. The Morgan fingerprint density at radius 2 is 1.67 bits per heavy atom. The maximum atomic E-state index is 12.2. The van der Waals surface area contributed by atoms with Crippen LogP contribution in [0.1, 0.15) is 15.9 Å². The second kappa shape index (κ2) is 9.28. The molecule has 0 unspecified atom stereocenters. The van der Waals surface area contributed by atoms with E-state index in [-0.39, 0.29) is 5.91 Å². The number of anilines is 1. The maximum absolute atomic E-state index is 12.2. The van der Waals surface area contributed by atoms with Crippen molar-refractivity contribution in [1.29, 1.82) is 0 Å². The van der Waals surface area contributed by atoms with Gasteiger partial charge in [0.25, 0.3) is 0 Å². The Balaban J connectivity index is 2.19. The zero-order valence-corrected chi connectivity index (χ0v) is 15.6. The molecular formula is C20H21NO6. The Kier molecular flexibility index (Phi) is 6.82. The normalized spacial score (nSPS) is 10.4. The van der Waals surface area contributed by atoms with E-state index in [1.54, 1.807) is 36.4 Å². The van der Waals surface area contributed by atoms with Gasteiger partial charge in [0.1, 0.15) is 0 Å². The minimum Gasteiger partial charge on any atom is -0.493 e. The summed E-state index contributed by atoms with van der Waals surface area (Å²) in [6.07, 6.45) is 2.95. The maximum Gasteiger partial charge on any atom is 0.337 e. The van der Waals surface area contributed by atoms with Gasteiger partial charge in [-0.3, -0.25) is 4.79 Å². The van der Waals surface area contributed by atoms with Crippen molar-refractivity contribution in [2.75, 3.05) is 33.8 Å². The molecule has 27 heavy (non-hydrogen) atoms. The van der Waals surface area contributed by atoms with Gasteiger partial charge < -0.3 is 24.3 Å². The van der Waals surface area contributed by atoms with Gasteiger partial charge >= 0.3 is 5.97 Å².